The van der Waals surface area contributed by atoms with Crippen molar-refractivity contribution in [1.82, 2.24) is 9.73 Å². The summed E-state index contributed by atoms with van der Waals surface area (Å²) in [5.74, 6) is -0.585. The Balaban J connectivity index is 1.81. The van der Waals surface area contributed by atoms with Gasteiger partial charge in [0.2, 0.25) is 10.0 Å². The highest BCUT2D eigenvalue weighted by molar-refractivity contribution is 7.89. The highest BCUT2D eigenvalue weighted by Gasteiger charge is 2.27. The fraction of sp³-hybridized carbons (Fsp3) is 0.130. The third kappa shape index (κ3) is 6.40. The van der Waals surface area contributed by atoms with Crippen molar-refractivity contribution in [3.8, 4) is 0 Å². The van der Waals surface area contributed by atoms with E-state index < -0.39 is 22.5 Å². The third-order valence-corrected chi connectivity index (χ3v) is 6.95. The van der Waals surface area contributed by atoms with E-state index in [1.54, 1.807) is 24.3 Å². The summed E-state index contributed by atoms with van der Waals surface area (Å²) in [5.41, 5.74) is 4.82. The molecule has 0 bridgehead atoms. The van der Waals surface area contributed by atoms with Crippen molar-refractivity contribution in [2.75, 3.05) is 6.54 Å². The van der Waals surface area contributed by atoms with E-state index in [1.807, 2.05) is 31.2 Å². The van der Waals surface area contributed by atoms with Gasteiger partial charge in [-0.15, -0.1) is 0 Å². The number of hydrazone groups is 1. The number of carbonyl (C=O) groups excluding carboxylic acids is 1. The molecule has 3 rings (SSSR count). The molecule has 0 atom stereocenters. The van der Waals surface area contributed by atoms with Crippen molar-refractivity contribution in [1.29, 1.82) is 0 Å². The summed E-state index contributed by atoms with van der Waals surface area (Å²) in [6.07, 6.45) is 1.50. The SMILES string of the molecule is Cc1cccc(C=NNC(=O)CN(Cc2ccccc2Cl)S(=O)(=O)c2ccc(Cl)cc2)c1. The second-order valence-corrected chi connectivity index (χ2v) is 9.81. The number of carbonyl (C=O) groups is 1. The Morgan fingerprint density at radius 1 is 1.03 bits per heavy atom. The first kappa shape index (κ1) is 23.9. The Morgan fingerprint density at radius 3 is 2.44 bits per heavy atom. The van der Waals surface area contributed by atoms with Gasteiger partial charge in [0.25, 0.3) is 5.91 Å². The summed E-state index contributed by atoms with van der Waals surface area (Å²) >= 11 is 12.1. The van der Waals surface area contributed by atoms with Crippen LogP contribution in [0.25, 0.3) is 0 Å². The molecule has 0 unspecified atom stereocenters. The van der Waals surface area contributed by atoms with Gasteiger partial charge in [-0.25, -0.2) is 13.8 Å². The number of rotatable bonds is 8. The summed E-state index contributed by atoms with van der Waals surface area (Å²) in [5, 5.41) is 4.75. The van der Waals surface area contributed by atoms with E-state index in [1.165, 1.54) is 30.5 Å². The molecule has 0 fully saturated rings. The predicted molar refractivity (Wildman–Crippen MR) is 127 cm³/mol. The van der Waals surface area contributed by atoms with Gasteiger partial charge < -0.3 is 0 Å². The van der Waals surface area contributed by atoms with Crippen molar-refractivity contribution in [2.24, 2.45) is 5.10 Å². The quantitative estimate of drug-likeness (QED) is 0.369. The summed E-state index contributed by atoms with van der Waals surface area (Å²) in [7, 11) is -4.01. The standard InChI is InChI=1S/C23H21Cl2N3O3S/c1-17-5-4-6-18(13-17)14-26-27-23(29)16-28(15-19-7-2-3-8-22(19)25)32(30,31)21-11-9-20(24)10-12-21/h2-14H,15-16H2,1H3,(H,27,29). The van der Waals surface area contributed by atoms with E-state index in [9.17, 15) is 13.2 Å². The van der Waals surface area contributed by atoms with Crippen LogP contribution in [0.5, 0.6) is 0 Å². The maximum atomic E-state index is 13.2. The number of benzene rings is 3. The molecule has 0 aliphatic heterocycles. The molecule has 3 aromatic rings. The number of sulfonamides is 1. The molecule has 9 heteroatoms. The molecule has 0 aromatic heterocycles. The Bertz CT molecular complexity index is 1230. The summed E-state index contributed by atoms with van der Waals surface area (Å²) in [4.78, 5) is 12.6. The molecule has 0 saturated heterocycles. The molecule has 0 heterocycles. The molecule has 0 radical (unpaired) electrons. The maximum absolute atomic E-state index is 13.2. The number of halogens is 2. The summed E-state index contributed by atoms with van der Waals surface area (Å²) in [6, 6.07) is 20.2. The van der Waals surface area contributed by atoms with Crippen molar-refractivity contribution >= 4 is 45.3 Å². The van der Waals surface area contributed by atoms with E-state index in [-0.39, 0.29) is 11.4 Å². The number of hydrogen-bond acceptors (Lipinski definition) is 4. The lowest BCUT2D eigenvalue weighted by molar-refractivity contribution is -0.121. The maximum Gasteiger partial charge on any atom is 0.255 e. The van der Waals surface area contributed by atoms with Crippen LogP contribution in [0.2, 0.25) is 10.0 Å². The van der Waals surface area contributed by atoms with E-state index in [0.29, 0.717) is 15.6 Å². The average molecular weight is 490 g/mol. The fourth-order valence-corrected chi connectivity index (χ4v) is 4.62. The zero-order valence-electron chi connectivity index (χ0n) is 17.2. The second kappa shape index (κ2) is 10.7. The third-order valence-electron chi connectivity index (χ3n) is 4.52. The Kier molecular flexibility index (Phi) is 8.04. The van der Waals surface area contributed by atoms with Gasteiger partial charge in [-0.2, -0.15) is 9.41 Å². The number of amides is 1. The Hall–Kier alpha value is -2.71. The Labute approximate surface area is 197 Å². The first-order chi connectivity index (χ1) is 15.3. The first-order valence-corrected chi connectivity index (χ1v) is 11.8. The van der Waals surface area contributed by atoms with E-state index >= 15 is 0 Å². The average Bonchev–Trinajstić information content (AvgIpc) is 2.75. The van der Waals surface area contributed by atoms with Crippen molar-refractivity contribution < 1.29 is 13.2 Å². The summed E-state index contributed by atoms with van der Waals surface area (Å²) < 4.78 is 27.5. The molecule has 6 nitrogen and oxygen atoms in total. The molecule has 166 valence electrons. The van der Waals surface area contributed by atoms with Crippen molar-refractivity contribution in [3.05, 3.63) is 99.5 Å². The van der Waals surface area contributed by atoms with Gasteiger partial charge in [-0.05, 0) is 48.4 Å². The van der Waals surface area contributed by atoms with Crippen molar-refractivity contribution in [2.45, 2.75) is 18.4 Å². The number of nitrogens with one attached hydrogen (secondary N) is 1. The highest BCUT2D eigenvalue weighted by atomic mass is 35.5. The molecule has 0 aliphatic carbocycles. The van der Waals surface area contributed by atoms with Crippen LogP contribution >= 0.6 is 23.2 Å². The van der Waals surface area contributed by atoms with E-state index in [2.05, 4.69) is 10.5 Å². The smallest absolute Gasteiger partial charge is 0.255 e. The van der Waals surface area contributed by atoms with Crippen LogP contribution in [0.3, 0.4) is 0 Å². The molecule has 3 aromatic carbocycles. The molecule has 32 heavy (non-hydrogen) atoms. The fourth-order valence-electron chi connectivity index (χ4n) is 2.92. The normalized spacial score (nSPS) is 11.8. The predicted octanol–water partition coefficient (Wildman–Crippen LogP) is 4.64. The summed E-state index contributed by atoms with van der Waals surface area (Å²) in [6.45, 7) is 1.42. The molecular weight excluding hydrogens is 469 g/mol. The lowest BCUT2D eigenvalue weighted by atomic mass is 10.2. The van der Waals surface area contributed by atoms with Crippen LogP contribution in [0.15, 0.2) is 82.8 Å². The van der Waals surface area contributed by atoms with Gasteiger partial charge in [0.15, 0.2) is 0 Å². The minimum atomic E-state index is -4.01. The number of aryl methyl sites for hydroxylation is 1. The number of nitrogens with zero attached hydrogens (tertiary/aromatic N) is 2. The zero-order valence-corrected chi connectivity index (χ0v) is 19.5. The van der Waals surface area contributed by atoms with Gasteiger partial charge in [0.1, 0.15) is 0 Å². The van der Waals surface area contributed by atoms with Crippen molar-refractivity contribution in [3.63, 3.8) is 0 Å². The molecule has 0 spiro atoms. The lowest BCUT2D eigenvalue weighted by Crippen LogP contribution is -2.39. The molecule has 0 saturated carbocycles. The first-order valence-electron chi connectivity index (χ1n) is 9.63. The van der Waals surface area contributed by atoms with Gasteiger partial charge in [0.05, 0.1) is 17.7 Å². The van der Waals surface area contributed by atoms with Gasteiger partial charge in [-0.3, -0.25) is 4.79 Å². The molecular formula is C23H21Cl2N3O3S. The Morgan fingerprint density at radius 2 is 1.75 bits per heavy atom. The second-order valence-electron chi connectivity index (χ2n) is 7.03. The molecule has 0 aliphatic rings. The van der Waals surface area contributed by atoms with E-state index in [0.717, 1.165) is 15.4 Å². The largest absolute Gasteiger partial charge is 0.272 e. The molecule has 1 amide bonds. The van der Waals surface area contributed by atoms with Gasteiger partial charge in [0, 0.05) is 16.6 Å². The zero-order chi connectivity index (χ0) is 23.1. The van der Waals surface area contributed by atoms with Crippen LogP contribution in [0.4, 0.5) is 0 Å². The van der Waals surface area contributed by atoms with Crippen LogP contribution in [0, 0.1) is 6.92 Å². The van der Waals surface area contributed by atoms with Gasteiger partial charge >= 0.3 is 0 Å². The topological polar surface area (TPSA) is 78.8 Å². The van der Waals surface area contributed by atoms with Crippen LogP contribution in [-0.2, 0) is 21.4 Å². The van der Waals surface area contributed by atoms with Gasteiger partial charge in [-0.1, -0.05) is 71.2 Å². The van der Waals surface area contributed by atoms with Crippen LogP contribution in [-0.4, -0.2) is 31.4 Å². The lowest BCUT2D eigenvalue weighted by Gasteiger charge is -2.22. The van der Waals surface area contributed by atoms with E-state index in [4.69, 9.17) is 23.2 Å². The number of hydrogen-bond donors (Lipinski definition) is 1. The minimum Gasteiger partial charge on any atom is -0.272 e. The molecule has 1 N–H and O–H groups in total. The van der Waals surface area contributed by atoms with Crippen LogP contribution in [0.1, 0.15) is 16.7 Å². The minimum absolute atomic E-state index is 0.0185. The highest BCUT2D eigenvalue weighted by Crippen LogP contribution is 2.23. The monoisotopic (exact) mass is 489 g/mol. The van der Waals surface area contributed by atoms with Crippen LogP contribution < -0.4 is 5.43 Å².